The number of likely N-dealkylation sites (tertiary alicyclic amines) is 1. The van der Waals surface area contributed by atoms with Crippen LogP contribution in [0.15, 0.2) is 33.7 Å². The molecule has 1 aromatic carbocycles. The Kier molecular flexibility index (Phi) is 8.76. The van der Waals surface area contributed by atoms with Gasteiger partial charge in [-0.25, -0.2) is 4.98 Å². The minimum Gasteiger partial charge on any atom is -0.506 e. The second kappa shape index (κ2) is 12.2. The number of carbonyl (C=O) groups excluding carboxylic acids is 1. The molecule has 9 nitrogen and oxygen atoms in total. The standard InChI is InChI=1S/C29H37N3O6/c1-5-7-10-20-23(24-21(36-3)11-8-12-22(24)37-4)26(33)25(27(34)31-20)29(35)32-15-13-18(14-16-32)28-30-19(9-6-2)17-38-28/h8,11-12,17-18H,5-7,9-10,13-16H2,1-4H3,(H2,31,33,34). The minimum absolute atomic E-state index is 0.112. The van der Waals surface area contributed by atoms with Gasteiger partial charge in [0.05, 0.1) is 31.0 Å². The number of aromatic hydroxyl groups is 1. The van der Waals surface area contributed by atoms with Crippen LogP contribution in [0.25, 0.3) is 11.1 Å². The zero-order valence-corrected chi connectivity index (χ0v) is 22.6. The van der Waals surface area contributed by atoms with Crippen molar-refractivity contribution < 1.29 is 23.8 Å². The number of ether oxygens (including phenoxy) is 2. The number of aryl methyl sites for hydroxylation is 2. The Labute approximate surface area is 222 Å². The highest BCUT2D eigenvalue weighted by Gasteiger charge is 2.32. The Balaban J connectivity index is 1.68. The normalized spacial score (nSPS) is 14.1. The highest BCUT2D eigenvalue weighted by Crippen LogP contribution is 2.45. The SMILES string of the molecule is CCCCc1[nH]c(=O)c(C(=O)N2CCC(c3nc(CCC)co3)CC2)c(O)c1-c1c(OC)cccc1OC. The molecule has 1 aliphatic heterocycles. The summed E-state index contributed by atoms with van der Waals surface area (Å²) in [5, 5.41) is 11.5. The summed E-state index contributed by atoms with van der Waals surface area (Å²) in [6, 6.07) is 5.30. The van der Waals surface area contributed by atoms with E-state index >= 15 is 0 Å². The van der Waals surface area contributed by atoms with Crippen LogP contribution in [0, 0.1) is 0 Å². The summed E-state index contributed by atoms with van der Waals surface area (Å²) in [6.45, 7) is 5.00. The van der Waals surface area contributed by atoms with Crippen LogP contribution in [0.4, 0.5) is 0 Å². The number of oxazole rings is 1. The van der Waals surface area contributed by atoms with Crippen LogP contribution in [-0.2, 0) is 12.8 Å². The molecule has 0 unspecified atom stereocenters. The molecule has 0 radical (unpaired) electrons. The van der Waals surface area contributed by atoms with Crippen LogP contribution in [0.1, 0.15) is 79.5 Å². The van der Waals surface area contributed by atoms with Gasteiger partial charge in [0.1, 0.15) is 29.1 Å². The molecule has 1 saturated heterocycles. The number of benzene rings is 1. The molecule has 3 aromatic rings. The molecule has 204 valence electrons. The van der Waals surface area contributed by atoms with Crippen molar-refractivity contribution in [2.45, 2.75) is 64.7 Å². The van der Waals surface area contributed by atoms with Crippen molar-refractivity contribution in [2.75, 3.05) is 27.3 Å². The predicted molar refractivity (Wildman–Crippen MR) is 144 cm³/mol. The number of H-pyrrole nitrogens is 1. The van der Waals surface area contributed by atoms with Crippen molar-refractivity contribution in [3.05, 3.63) is 57.7 Å². The summed E-state index contributed by atoms with van der Waals surface area (Å²) in [6.07, 6.45) is 7.12. The molecule has 1 fully saturated rings. The number of amides is 1. The Hall–Kier alpha value is -3.75. The smallest absolute Gasteiger partial charge is 0.264 e. The molecule has 0 bridgehead atoms. The fourth-order valence-corrected chi connectivity index (χ4v) is 5.11. The fourth-order valence-electron chi connectivity index (χ4n) is 5.11. The average molecular weight is 524 g/mol. The van der Waals surface area contributed by atoms with Gasteiger partial charge in [0.25, 0.3) is 11.5 Å². The monoisotopic (exact) mass is 523 g/mol. The minimum atomic E-state index is -0.602. The van der Waals surface area contributed by atoms with E-state index in [1.807, 2.05) is 6.92 Å². The molecule has 1 amide bonds. The Morgan fingerprint density at radius 1 is 1.11 bits per heavy atom. The van der Waals surface area contributed by atoms with E-state index < -0.39 is 11.5 Å². The molecule has 2 N–H and O–H groups in total. The molecule has 1 aliphatic rings. The van der Waals surface area contributed by atoms with Crippen molar-refractivity contribution in [2.24, 2.45) is 0 Å². The van der Waals surface area contributed by atoms with E-state index in [1.165, 1.54) is 14.2 Å². The quantitative estimate of drug-likeness (QED) is 0.381. The fraction of sp³-hybridized carbons (Fsp3) is 0.483. The Morgan fingerprint density at radius 2 is 1.79 bits per heavy atom. The second-order valence-corrected chi connectivity index (χ2v) is 9.67. The number of carbonyl (C=O) groups is 1. The van der Waals surface area contributed by atoms with Crippen LogP contribution in [-0.4, -0.2) is 53.2 Å². The third-order valence-electron chi connectivity index (χ3n) is 7.15. The number of pyridine rings is 1. The third kappa shape index (κ3) is 5.42. The van der Waals surface area contributed by atoms with Gasteiger partial charge in [0, 0.05) is 24.7 Å². The number of hydrogen-bond acceptors (Lipinski definition) is 7. The maximum absolute atomic E-state index is 13.6. The lowest BCUT2D eigenvalue weighted by Crippen LogP contribution is -2.40. The molecule has 0 atom stereocenters. The predicted octanol–water partition coefficient (Wildman–Crippen LogP) is 5.07. The second-order valence-electron chi connectivity index (χ2n) is 9.67. The number of unbranched alkanes of at least 4 members (excludes halogenated alkanes) is 1. The highest BCUT2D eigenvalue weighted by atomic mass is 16.5. The van der Waals surface area contributed by atoms with Crippen LogP contribution in [0.5, 0.6) is 17.2 Å². The lowest BCUT2D eigenvalue weighted by atomic mass is 9.94. The maximum Gasteiger partial charge on any atom is 0.264 e. The van der Waals surface area contributed by atoms with E-state index in [0.29, 0.717) is 66.6 Å². The van der Waals surface area contributed by atoms with Gasteiger partial charge in [-0.1, -0.05) is 32.8 Å². The molecule has 9 heteroatoms. The van der Waals surface area contributed by atoms with E-state index in [-0.39, 0.29) is 17.2 Å². The first kappa shape index (κ1) is 27.3. The van der Waals surface area contributed by atoms with Crippen molar-refractivity contribution >= 4 is 5.91 Å². The van der Waals surface area contributed by atoms with Gasteiger partial charge in [-0.15, -0.1) is 0 Å². The zero-order valence-electron chi connectivity index (χ0n) is 22.6. The molecule has 38 heavy (non-hydrogen) atoms. The number of rotatable bonds is 10. The average Bonchev–Trinajstić information content (AvgIpc) is 3.40. The first-order valence-corrected chi connectivity index (χ1v) is 13.4. The molecule has 0 saturated carbocycles. The molecular formula is C29H37N3O6. The number of methoxy groups -OCH3 is 2. The van der Waals surface area contributed by atoms with E-state index in [1.54, 1.807) is 29.4 Å². The third-order valence-corrected chi connectivity index (χ3v) is 7.15. The van der Waals surface area contributed by atoms with Crippen LogP contribution in [0.3, 0.4) is 0 Å². The molecule has 0 spiro atoms. The number of piperidine rings is 1. The van der Waals surface area contributed by atoms with E-state index in [9.17, 15) is 14.7 Å². The van der Waals surface area contributed by atoms with Gasteiger partial charge in [0.15, 0.2) is 5.89 Å². The van der Waals surface area contributed by atoms with E-state index in [4.69, 9.17) is 13.9 Å². The molecular weight excluding hydrogens is 486 g/mol. The summed E-state index contributed by atoms with van der Waals surface area (Å²) < 4.78 is 16.9. The molecule has 0 aliphatic carbocycles. The van der Waals surface area contributed by atoms with Crippen LogP contribution in [0.2, 0.25) is 0 Å². The molecule has 2 aromatic heterocycles. The van der Waals surface area contributed by atoms with Gasteiger partial charge in [-0.2, -0.15) is 0 Å². The number of aromatic amines is 1. The lowest BCUT2D eigenvalue weighted by molar-refractivity contribution is 0.0701. The van der Waals surface area contributed by atoms with Crippen molar-refractivity contribution in [3.63, 3.8) is 0 Å². The van der Waals surface area contributed by atoms with Crippen LogP contribution < -0.4 is 15.0 Å². The summed E-state index contributed by atoms with van der Waals surface area (Å²) >= 11 is 0. The number of aromatic nitrogens is 2. The summed E-state index contributed by atoms with van der Waals surface area (Å²) in [5.74, 6) is 0.896. The molecule has 4 rings (SSSR count). The van der Waals surface area contributed by atoms with Crippen molar-refractivity contribution in [3.8, 4) is 28.4 Å². The van der Waals surface area contributed by atoms with Crippen LogP contribution >= 0.6 is 0 Å². The number of nitrogens with zero attached hydrogens (tertiary/aromatic N) is 2. The van der Waals surface area contributed by atoms with Gasteiger partial charge < -0.3 is 28.9 Å². The first-order valence-electron chi connectivity index (χ1n) is 13.4. The van der Waals surface area contributed by atoms with Crippen molar-refractivity contribution in [1.29, 1.82) is 0 Å². The first-order chi connectivity index (χ1) is 18.4. The topological polar surface area (TPSA) is 118 Å². The van der Waals surface area contributed by atoms with E-state index in [2.05, 4.69) is 16.9 Å². The number of nitrogens with one attached hydrogen (secondary N) is 1. The lowest BCUT2D eigenvalue weighted by Gasteiger charge is -2.31. The van der Waals surface area contributed by atoms with E-state index in [0.717, 1.165) is 31.4 Å². The molecule has 3 heterocycles. The summed E-state index contributed by atoms with van der Waals surface area (Å²) in [7, 11) is 3.06. The van der Waals surface area contributed by atoms with Gasteiger partial charge in [-0.05, 0) is 44.2 Å². The summed E-state index contributed by atoms with van der Waals surface area (Å²) in [4.78, 5) is 35.9. The zero-order chi connectivity index (χ0) is 27.2. The van der Waals surface area contributed by atoms with Crippen molar-refractivity contribution in [1.82, 2.24) is 14.9 Å². The maximum atomic E-state index is 13.6. The Morgan fingerprint density at radius 3 is 2.39 bits per heavy atom. The Bertz CT molecular complexity index is 1300. The summed E-state index contributed by atoms with van der Waals surface area (Å²) in [5.41, 5.74) is 1.47. The highest BCUT2D eigenvalue weighted by molar-refractivity contribution is 6.00. The van der Waals surface area contributed by atoms with Gasteiger partial charge in [0.2, 0.25) is 0 Å². The largest absolute Gasteiger partial charge is 0.506 e. The van der Waals surface area contributed by atoms with Gasteiger partial charge in [-0.3, -0.25) is 9.59 Å². The van der Waals surface area contributed by atoms with Gasteiger partial charge >= 0.3 is 0 Å². The number of hydrogen-bond donors (Lipinski definition) is 2.